The number of morpholine rings is 1. The molecule has 0 aromatic carbocycles. The largest absolute Gasteiger partial charge is 0.366 e. The molecule has 1 rings (SSSR count). The Bertz CT molecular complexity index is 257. The molecule has 0 spiro atoms. The van der Waals surface area contributed by atoms with Crippen LogP contribution in [0.15, 0.2) is 0 Å². The van der Waals surface area contributed by atoms with Crippen LogP contribution >= 0.6 is 12.4 Å². The molecule has 17 heavy (non-hydrogen) atoms. The Morgan fingerprint density at radius 1 is 1.53 bits per heavy atom. The van der Waals surface area contributed by atoms with Crippen molar-refractivity contribution >= 4 is 24.2 Å². The molecular formula is C10H20ClN3O3. The van der Waals surface area contributed by atoms with Gasteiger partial charge in [-0.15, -0.1) is 12.4 Å². The Morgan fingerprint density at radius 3 is 2.76 bits per heavy atom. The zero-order valence-electron chi connectivity index (χ0n) is 10.2. The number of hydrogen-bond acceptors (Lipinski definition) is 4. The topological polar surface area (TPSA) is 70.7 Å². The SMILES string of the molecule is CNC(=O)CCN(C)C(=O)C1CNCCO1.Cl. The van der Waals surface area contributed by atoms with E-state index in [1.807, 2.05) is 0 Å². The van der Waals surface area contributed by atoms with Gasteiger partial charge < -0.3 is 20.3 Å². The minimum atomic E-state index is -0.413. The second kappa shape index (κ2) is 8.27. The lowest BCUT2D eigenvalue weighted by atomic mass is 10.2. The number of halogens is 1. The maximum absolute atomic E-state index is 11.8. The number of nitrogens with one attached hydrogen (secondary N) is 2. The highest BCUT2D eigenvalue weighted by Crippen LogP contribution is 2.01. The molecule has 1 heterocycles. The van der Waals surface area contributed by atoms with Crippen LogP contribution < -0.4 is 10.6 Å². The fourth-order valence-corrected chi connectivity index (χ4v) is 1.47. The van der Waals surface area contributed by atoms with Gasteiger partial charge in [0.25, 0.3) is 5.91 Å². The van der Waals surface area contributed by atoms with Crippen molar-refractivity contribution in [2.24, 2.45) is 0 Å². The van der Waals surface area contributed by atoms with Crippen LogP contribution in [0.4, 0.5) is 0 Å². The van der Waals surface area contributed by atoms with E-state index < -0.39 is 6.10 Å². The summed E-state index contributed by atoms with van der Waals surface area (Å²) in [5.41, 5.74) is 0. The Labute approximate surface area is 107 Å². The lowest BCUT2D eigenvalue weighted by Crippen LogP contribution is -2.48. The molecule has 1 aliphatic heterocycles. The third-order valence-electron chi connectivity index (χ3n) is 2.53. The number of nitrogens with zero attached hydrogens (tertiary/aromatic N) is 1. The standard InChI is InChI=1S/C10H19N3O3.ClH/c1-11-9(14)3-5-13(2)10(15)8-7-12-4-6-16-8;/h8,12H,3-7H2,1-2H3,(H,11,14);1H. The molecule has 1 atom stereocenters. The summed E-state index contributed by atoms with van der Waals surface area (Å²) in [5.74, 6) is -0.140. The summed E-state index contributed by atoms with van der Waals surface area (Å²) >= 11 is 0. The van der Waals surface area contributed by atoms with Crippen molar-refractivity contribution < 1.29 is 14.3 Å². The maximum Gasteiger partial charge on any atom is 0.252 e. The van der Waals surface area contributed by atoms with Crippen LogP contribution in [0, 0.1) is 0 Å². The number of carbonyl (C=O) groups excluding carboxylic acids is 2. The zero-order chi connectivity index (χ0) is 12.0. The Morgan fingerprint density at radius 2 is 2.24 bits per heavy atom. The first-order chi connectivity index (χ1) is 7.65. The zero-order valence-corrected chi connectivity index (χ0v) is 11.0. The highest BCUT2D eigenvalue weighted by atomic mass is 35.5. The van der Waals surface area contributed by atoms with Gasteiger partial charge in [-0.3, -0.25) is 9.59 Å². The van der Waals surface area contributed by atoms with Crippen LogP contribution in [-0.4, -0.2) is 63.2 Å². The van der Waals surface area contributed by atoms with Gasteiger partial charge in [0.15, 0.2) is 0 Å². The molecule has 0 bridgehead atoms. The average Bonchev–Trinajstić information content (AvgIpc) is 2.35. The third kappa shape index (κ3) is 5.34. The van der Waals surface area contributed by atoms with E-state index in [4.69, 9.17) is 4.74 Å². The monoisotopic (exact) mass is 265 g/mol. The Hall–Kier alpha value is -0.850. The molecule has 0 aliphatic carbocycles. The molecule has 100 valence electrons. The van der Waals surface area contributed by atoms with Crippen LogP contribution in [0.1, 0.15) is 6.42 Å². The Kier molecular flexibility index (Phi) is 7.86. The van der Waals surface area contributed by atoms with Crippen molar-refractivity contribution in [2.45, 2.75) is 12.5 Å². The normalized spacial score (nSPS) is 19.1. The summed E-state index contributed by atoms with van der Waals surface area (Å²) in [5, 5.41) is 5.61. The minimum Gasteiger partial charge on any atom is -0.366 e. The summed E-state index contributed by atoms with van der Waals surface area (Å²) in [7, 11) is 3.27. The van der Waals surface area contributed by atoms with Crippen molar-refractivity contribution in [3.8, 4) is 0 Å². The molecule has 0 radical (unpaired) electrons. The van der Waals surface area contributed by atoms with Crippen molar-refractivity contribution in [1.29, 1.82) is 0 Å². The van der Waals surface area contributed by atoms with Crippen LogP contribution in [0.5, 0.6) is 0 Å². The van der Waals surface area contributed by atoms with Crippen molar-refractivity contribution in [3.63, 3.8) is 0 Å². The van der Waals surface area contributed by atoms with Crippen LogP contribution in [-0.2, 0) is 14.3 Å². The molecule has 1 unspecified atom stereocenters. The molecule has 1 fully saturated rings. The van der Waals surface area contributed by atoms with Gasteiger partial charge in [-0.2, -0.15) is 0 Å². The minimum absolute atomic E-state index is 0. The van der Waals surface area contributed by atoms with Crippen molar-refractivity contribution in [2.75, 3.05) is 40.3 Å². The first-order valence-corrected chi connectivity index (χ1v) is 5.43. The van der Waals surface area contributed by atoms with Crippen molar-refractivity contribution in [3.05, 3.63) is 0 Å². The molecule has 0 saturated carbocycles. The molecule has 1 aliphatic rings. The van der Waals surface area contributed by atoms with Crippen LogP contribution in [0.2, 0.25) is 0 Å². The molecule has 2 N–H and O–H groups in total. The molecule has 7 heteroatoms. The smallest absolute Gasteiger partial charge is 0.252 e. The number of hydrogen-bond donors (Lipinski definition) is 2. The van der Waals surface area contributed by atoms with E-state index in [9.17, 15) is 9.59 Å². The van der Waals surface area contributed by atoms with E-state index in [1.165, 1.54) is 4.90 Å². The lowest BCUT2D eigenvalue weighted by molar-refractivity contribution is -0.144. The van der Waals surface area contributed by atoms with Gasteiger partial charge in [0.05, 0.1) is 6.61 Å². The Balaban J connectivity index is 0.00000256. The quantitative estimate of drug-likeness (QED) is 0.684. The van der Waals surface area contributed by atoms with Gasteiger partial charge >= 0.3 is 0 Å². The van der Waals surface area contributed by atoms with E-state index in [2.05, 4.69) is 10.6 Å². The van der Waals surface area contributed by atoms with E-state index in [1.54, 1.807) is 14.1 Å². The number of amides is 2. The number of ether oxygens (including phenoxy) is 1. The van der Waals surface area contributed by atoms with E-state index in [-0.39, 0.29) is 24.2 Å². The predicted octanol–water partition coefficient (Wildman–Crippen LogP) is -1.01. The molecule has 2 amide bonds. The van der Waals surface area contributed by atoms with Gasteiger partial charge in [0, 0.05) is 40.2 Å². The van der Waals surface area contributed by atoms with Gasteiger partial charge in [-0.1, -0.05) is 0 Å². The summed E-state index contributed by atoms with van der Waals surface area (Å²) in [4.78, 5) is 24.4. The van der Waals surface area contributed by atoms with Crippen LogP contribution in [0.25, 0.3) is 0 Å². The lowest BCUT2D eigenvalue weighted by Gasteiger charge is -2.27. The summed E-state index contributed by atoms with van der Waals surface area (Å²) in [6, 6.07) is 0. The number of rotatable bonds is 4. The fourth-order valence-electron chi connectivity index (χ4n) is 1.47. The highest BCUT2D eigenvalue weighted by molar-refractivity contribution is 5.85. The van der Waals surface area contributed by atoms with E-state index in [0.717, 1.165) is 6.54 Å². The molecule has 0 aromatic rings. The van der Waals surface area contributed by atoms with E-state index >= 15 is 0 Å². The first-order valence-electron chi connectivity index (χ1n) is 5.43. The van der Waals surface area contributed by atoms with Crippen LogP contribution in [0.3, 0.4) is 0 Å². The highest BCUT2D eigenvalue weighted by Gasteiger charge is 2.24. The maximum atomic E-state index is 11.8. The predicted molar refractivity (Wildman–Crippen MR) is 66.2 cm³/mol. The molecule has 1 saturated heterocycles. The summed E-state index contributed by atoms with van der Waals surface area (Å²) in [6.45, 7) is 2.30. The average molecular weight is 266 g/mol. The second-order valence-corrected chi connectivity index (χ2v) is 3.75. The number of likely N-dealkylation sites (N-methyl/N-ethyl adjacent to an activating group) is 1. The van der Waals surface area contributed by atoms with Gasteiger partial charge in [-0.25, -0.2) is 0 Å². The van der Waals surface area contributed by atoms with Crippen molar-refractivity contribution in [1.82, 2.24) is 15.5 Å². The summed E-state index contributed by atoms with van der Waals surface area (Å²) in [6.07, 6.45) is -0.0951. The fraction of sp³-hybridized carbons (Fsp3) is 0.800. The second-order valence-electron chi connectivity index (χ2n) is 3.75. The third-order valence-corrected chi connectivity index (χ3v) is 2.53. The van der Waals surface area contributed by atoms with Gasteiger partial charge in [0.2, 0.25) is 5.91 Å². The van der Waals surface area contributed by atoms with Gasteiger partial charge in [-0.05, 0) is 0 Å². The van der Waals surface area contributed by atoms with Gasteiger partial charge in [0.1, 0.15) is 6.10 Å². The number of carbonyl (C=O) groups is 2. The van der Waals surface area contributed by atoms with E-state index in [0.29, 0.717) is 26.1 Å². The molecular weight excluding hydrogens is 246 g/mol. The first kappa shape index (κ1) is 16.1. The molecule has 0 aromatic heterocycles. The molecule has 6 nitrogen and oxygen atoms in total. The summed E-state index contributed by atoms with van der Waals surface area (Å²) < 4.78 is 5.34.